The smallest absolute Gasteiger partial charge is 0.221 e. The fourth-order valence-corrected chi connectivity index (χ4v) is 3.50. The number of hydrogen-bond acceptors (Lipinski definition) is 5. The van der Waals surface area contributed by atoms with E-state index < -0.39 is 0 Å². The summed E-state index contributed by atoms with van der Waals surface area (Å²) in [5, 5.41) is 9.40. The molecule has 1 amide bonds. The Kier molecular flexibility index (Phi) is 5.60. The van der Waals surface area contributed by atoms with Crippen LogP contribution in [0.15, 0.2) is 42.0 Å². The molecule has 0 fully saturated rings. The first-order valence-electron chi connectivity index (χ1n) is 8.50. The van der Waals surface area contributed by atoms with E-state index in [1.165, 1.54) is 0 Å². The molecule has 1 aromatic carbocycles. The van der Waals surface area contributed by atoms with E-state index in [2.05, 4.69) is 45.0 Å². The van der Waals surface area contributed by atoms with Crippen LogP contribution < -0.4 is 10.6 Å². The van der Waals surface area contributed by atoms with E-state index in [-0.39, 0.29) is 11.9 Å². The van der Waals surface area contributed by atoms with Crippen molar-refractivity contribution in [1.29, 1.82) is 0 Å². The molecule has 1 atom stereocenters. The third-order valence-electron chi connectivity index (χ3n) is 4.12. The van der Waals surface area contributed by atoms with Crippen LogP contribution in [0, 0.1) is 0 Å². The van der Waals surface area contributed by atoms with Crippen molar-refractivity contribution in [3.05, 3.63) is 42.0 Å². The van der Waals surface area contributed by atoms with Crippen LogP contribution in [0.2, 0.25) is 0 Å². The van der Waals surface area contributed by atoms with Crippen LogP contribution in [-0.4, -0.2) is 28.5 Å². The maximum atomic E-state index is 11.9. The molecule has 0 bridgehead atoms. The van der Waals surface area contributed by atoms with Gasteiger partial charge in [-0.3, -0.25) is 4.79 Å². The van der Waals surface area contributed by atoms with E-state index in [1.54, 1.807) is 17.7 Å². The zero-order valence-electron chi connectivity index (χ0n) is 14.5. The highest BCUT2D eigenvalue weighted by molar-refractivity contribution is 7.17. The van der Waals surface area contributed by atoms with E-state index in [1.807, 2.05) is 25.1 Å². The number of rotatable bonds is 7. The highest BCUT2D eigenvalue weighted by atomic mass is 32.1. The van der Waals surface area contributed by atoms with Gasteiger partial charge in [0.25, 0.3) is 0 Å². The largest absolute Gasteiger partial charge is 0.369 e. The number of nitrogens with zero attached hydrogens (tertiary/aromatic N) is 2. The topological polar surface area (TPSA) is 66.9 Å². The first kappa shape index (κ1) is 17.4. The Morgan fingerprint density at radius 1 is 1.24 bits per heavy atom. The summed E-state index contributed by atoms with van der Waals surface area (Å²) in [7, 11) is 0. The van der Waals surface area contributed by atoms with Crippen LogP contribution in [0.25, 0.3) is 21.3 Å². The molecule has 2 aromatic heterocycles. The Morgan fingerprint density at radius 2 is 2.04 bits per heavy atom. The van der Waals surface area contributed by atoms with E-state index in [4.69, 9.17) is 0 Å². The molecule has 3 rings (SSSR count). The molecule has 25 heavy (non-hydrogen) atoms. The van der Waals surface area contributed by atoms with Gasteiger partial charge in [-0.2, -0.15) is 0 Å². The number of carbonyl (C=O) groups is 1. The maximum Gasteiger partial charge on any atom is 0.221 e. The number of benzene rings is 1. The molecule has 0 aliphatic carbocycles. The Balaban J connectivity index is 1.76. The van der Waals surface area contributed by atoms with E-state index in [9.17, 15) is 4.79 Å². The normalized spacial score (nSPS) is 12.1. The SMILES string of the molecule is CCC(C)NC(=O)CCNc1ncnc2scc(-c3ccccc3)c12. The first-order valence-corrected chi connectivity index (χ1v) is 9.38. The van der Waals surface area contributed by atoms with Crippen molar-refractivity contribution >= 4 is 33.3 Å². The van der Waals surface area contributed by atoms with Gasteiger partial charge in [-0.15, -0.1) is 11.3 Å². The Morgan fingerprint density at radius 3 is 2.80 bits per heavy atom. The second kappa shape index (κ2) is 8.07. The average Bonchev–Trinajstić information content (AvgIpc) is 3.07. The minimum Gasteiger partial charge on any atom is -0.369 e. The summed E-state index contributed by atoms with van der Waals surface area (Å²) in [5.41, 5.74) is 2.26. The number of carbonyl (C=O) groups excluding carboxylic acids is 1. The predicted octanol–water partition coefficient (Wildman–Crippen LogP) is 4.08. The second-order valence-corrected chi connectivity index (χ2v) is 6.83. The van der Waals surface area contributed by atoms with Crippen LogP contribution in [0.5, 0.6) is 0 Å². The molecule has 2 N–H and O–H groups in total. The van der Waals surface area contributed by atoms with Gasteiger partial charge < -0.3 is 10.6 Å². The highest BCUT2D eigenvalue weighted by Crippen LogP contribution is 2.36. The monoisotopic (exact) mass is 354 g/mol. The lowest BCUT2D eigenvalue weighted by Crippen LogP contribution is -2.33. The molecule has 5 nitrogen and oxygen atoms in total. The molecular weight excluding hydrogens is 332 g/mol. The number of fused-ring (bicyclic) bond motifs is 1. The summed E-state index contributed by atoms with van der Waals surface area (Å²) in [4.78, 5) is 21.6. The summed E-state index contributed by atoms with van der Waals surface area (Å²) in [6.07, 6.45) is 2.91. The minimum atomic E-state index is 0.0563. The fraction of sp³-hybridized carbons (Fsp3) is 0.316. The van der Waals surface area contributed by atoms with Crippen LogP contribution in [-0.2, 0) is 4.79 Å². The summed E-state index contributed by atoms with van der Waals surface area (Å²) in [5.74, 6) is 0.835. The van der Waals surface area contributed by atoms with Crippen molar-refractivity contribution < 1.29 is 4.79 Å². The van der Waals surface area contributed by atoms with Crippen molar-refractivity contribution in [3.63, 3.8) is 0 Å². The highest BCUT2D eigenvalue weighted by Gasteiger charge is 2.13. The fourth-order valence-electron chi connectivity index (χ4n) is 2.58. The lowest BCUT2D eigenvalue weighted by atomic mass is 10.1. The summed E-state index contributed by atoms with van der Waals surface area (Å²) in [6.45, 7) is 4.61. The van der Waals surface area contributed by atoms with E-state index >= 15 is 0 Å². The van der Waals surface area contributed by atoms with Gasteiger partial charge in [0.1, 0.15) is 17.0 Å². The molecule has 6 heteroatoms. The standard InChI is InChI=1S/C19H22N4OS/c1-3-13(2)23-16(24)9-10-20-18-17-15(14-7-5-4-6-8-14)11-25-19(17)22-12-21-18/h4-8,11-13H,3,9-10H2,1-2H3,(H,23,24)(H,20,21,22). The number of amides is 1. The quantitative estimate of drug-likeness (QED) is 0.671. The number of nitrogens with one attached hydrogen (secondary N) is 2. The lowest BCUT2D eigenvalue weighted by molar-refractivity contribution is -0.121. The third kappa shape index (κ3) is 4.14. The molecule has 0 saturated carbocycles. The molecule has 1 unspecified atom stereocenters. The predicted molar refractivity (Wildman–Crippen MR) is 104 cm³/mol. The van der Waals surface area contributed by atoms with Crippen LogP contribution in [0.3, 0.4) is 0 Å². The molecular formula is C19H22N4OS. The summed E-state index contributed by atoms with van der Waals surface area (Å²) < 4.78 is 0. The molecule has 0 radical (unpaired) electrons. The van der Waals surface area contributed by atoms with Gasteiger partial charge in [0.2, 0.25) is 5.91 Å². The van der Waals surface area contributed by atoms with Gasteiger partial charge >= 0.3 is 0 Å². The van der Waals surface area contributed by atoms with Crippen molar-refractivity contribution in [1.82, 2.24) is 15.3 Å². The second-order valence-electron chi connectivity index (χ2n) is 5.97. The van der Waals surface area contributed by atoms with Gasteiger partial charge in [-0.05, 0) is 18.9 Å². The zero-order valence-corrected chi connectivity index (χ0v) is 15.3. The zero-order chi connectivity index (χ0) is 17.6. The van der Waals surface area contributed by atoms with Crippen molar-refractivity contribution in [2.24, 2.45) is 0 Å². The molecule has 2 heterocycles. The van der Waals surface area contributed by atoms with Gasteiger partial charge in [-0.25, -0.2) is 9.97 Å². The van der Waals surface area contributed by atoms with Gasteiger partial charge in [0.05, 0.1) is 5.39 Å². The van der Waals surface area contributed by atoms with Crippen LogP contribution in [0.1, 0.15) is 26.7 Å². The molecule has 130 valence electrons. The molecule has 0 aliphatic rings. The molecule has 0 saturated heterocycles. The van der Waals surface area contributed by atoms with Crippen molar-refractivity contribution in [2.45, 2.75) is 32.7 Å². The van der Waals surface area contributed by atoms with Crippen LogP contribution in [0.4, 0.5) is 5.82 Å². The van der Waals surface area contributed by atoms with E-state index in [0.29, 0.717) is 13.0 Å². The number of aromatic nitrogens is 2. The molecule has 3 aromatic rings. The number of anilines is 1. The minimum absolute atomic E-state index is 0.0563. The molecule has 0 aliphatic heterocycles. The number of hydrogen-bond donors (Lipinski definition) is 2. The summed E-state index contributed by atoms with van der Waals surface area (Å²) >= 11 is 1.60. The van der Waals surface area contributed by atoms with Gasteiger partial charge in [0, 0.05) is 30.0 Å². The van der Waals surface area contributed by atoms with Gasteiger partial charge in [0.15, 0.2) is 0 Å². The third-order valence-corrected chi connectivity index (χ3v) is 5.01. The first-order chi connectivity index (χ1) is 12.2. The van der Waals surface area contributed by atoms with Gasteiger partial charge in [-0.1, -0.05) is 37.3 Å². The van der Waals surface area contributed by atoms with Crippen LogP contribution >= 0.6 is 11.3 Å². The van der Waals surface area contributed by atoms with Crippen molar-refractivity contribution in [2.75, 3.05) is 11.9 Å². The molecule has 0 spiro atoms. The Labute approximate surface area is 151 Å². The Bertz CT molecular complexity index is 847. The van der Waals surface area contributed by atoms with Crippen molar-refractivity contribution in [3.8, 4) is 11.1 Å². The lowest BCUT2D eigenvalue weighted by Gasteiger charge is -2.12. The average molecular weight is 354 g/mol. The van der Waals surface area contributed by atoms with E-state index in [0.717, 1.165) is 33.6 Å². The maximum absolute atomic E-state index is 11.9. The number of thiophene rings is 1. The summed E-state index contributed by atoms with van der Waals surface area (Å²) in [6, 6.07) is 10.4. The Hall–Kier alpha value is -2.47.